The van der Waals surface area contributed by atoms with Gasteiger partial charge in [-0.15, -0.1) is 0 Å². The van der Waals surface area contributed by atoms with E-state index in [4.69, 9.17) is 0 Å². The van der Waals surface area contributed by atoms with Crippen molar-refractivity contribution in [1.82, 2.24) is 0 Å². The van der Waals surface area contributed by atoms with E-state index in [1.165, 1.54) is 0 Å². The van der Waals surface area contributed by atoms with E-state index in [1.54, 1.807) is 0 Å². The maximum atomic E-state index is 4.30. The van der Waals surface area contributed by atoms with Crippen LogP contribution in [0.5, 0.6) is 0 Å². The van der Waals surface area contributed by atoms with Crippen LogP contribution >= 0.6 is 0 Å². The van der Waals surface area contributed by atoms with E-state index >= 15 is 0 Å². The number of hydrogen-bond donors (Lipinski definition) is 1. The molecule has 1 heterocycles. The smallest absolute Gasteiger partial charge is 0.0650 e. The fraction of sp³-hybridized carbons (Fsp3) is 0. The summed E-state index contributed by atoms with van der Waals surface area (Å²) in [4.78, 5) is 4.30. The predicted molar refractivity (Wildman–Crippen MR) is 70.9 cm³/mol. The van der Waals surface area contributed by atoms with E-state index in [0.29, 0.717) is 0 Å². The predicted octanol–water partition coefficient (Wildman–Crippen LogP) is 3.33. The molecule has 1 aliphatic heterocycles. The van der Waals surface area contributed by atoms with Crippen molar-refractivity contribution in [1.29, 1.82) is 0 Å². The van der Waals surface area contributed by atoms with E-state index < -0.39 is 0 Å². The highest BCUT2D eigenvalue weighted by Crippen LogP contribution is 2.22. The highest BCUT2D eigenvalue weighted by molar-refractivity contribution is 5.93. The number of aliphatic imine (C=N–C) groups is 1. The minimum Gasteiger partial charge on any atom is -0.353 e. The topological polar surface area (TPSA) is 24.4 Å². The van der Waals surface area contributed by atoms with Crippen LogP contribution in [0.3, 0.4) is 0 Å². The van der Waals surface area contributed by atoms with Crippen LogP contribution in [0.1, 0.15) is 11.1 Å². The van der Waals surface area contributed by atoms with Crippen molar-refractivity contribution in [3.8, 4) is 0 Å². The molecular formula is C15H11N2. The first kappa shape index (κ1) is 9.85. The number of fused-ring (bicyclic) bond motifs is 1. The summed E-state index contributed by atoms with van der Waals surface area (Å²) in [7, 11) is 0. The minimum atomic E-state index is 0.965. The van der Waals surface area contributed by atoms with Crippen LogP contribution in [0.4, 0.5) is 5.69 Å². The third kappa shape index (κ3) is 1.97. The van der Waals surface area contributed by atoms with E-state index in [2.05, 4.69) is 16.4 Å². The summed E-state index contributed by atoms with van der Waals surface area (Å²) < 4.78 is 0. The van der Waals surface area contributed by atoms with Gasteiger partial charge in [-0.1, -0.05) is 42.5 Å². The van der Waals surface area contributed by atoms with Crippen molar-refractivity contribution in [2.75, 3.05) is 5.32 Å². The van der Waals surface area contributed by atoms with Gasteiger partial charge in [-0.2, -0.15) is 0 Å². The zero-order valence-corrected chi connectivity index (χ0v) is 9.22. The number of rotatable bonds is 1. The van der Waals surface area contributed by atoms with Gasteiger partial charge in [0.1, 0.15) is 0 Å². The lowest BCUT2D eigenvalue weighted by molar-refractivity contribution is 1.50. The Morgan fingerprint density at radius 2 is 1.88 bits per heavy atom. The molecule has 0 atom stereocenters. The molecule has 0 aliphatic carbocycles. The van der Waals surface area contributed by atoms with Gasteiger partial charge in [-0.25, -0.2) is 0 Å². The molecule has 0 fully saturated rings. The summed E-state index contributed by atoms with van der Waals surface area (Å²) in [5.41, 5.74) is 4.14. The molecule has 0 spiro atoms. The Morgan fingerprint density at radius 3 is 2.76 bits per heavy atom. The molecule has 1 N–H and O–H groups in total. The van der Waals surface area contributed by atoms with E-state index in [1.807, 2.05) is 60.9 Å². The molecule has 1 radical (unpaired) electrons. The average molecular weight is 219 g/mol. The average Bonchev–Trinajstić information content (AvgIpc) is 2.62. The molecule has 0 saturated carbocycles. The first-order valence-corrected chi connectivity index (χ1v) is 5.50. The Hall–Kier alpha value is -2.35. The van der Waals surface area contributed by atoms with Crippen LogP contribution in [0.25, 0.3) is 5.70 Å². The largest absolute Gasteiger partial charge is 0.353 e. The van der Waals surface area contributed by atoms with Crippen molar-refractivity contribution in [3.63, 3.8) is 0 Å². The molecule has 0 bridgehead atoms. The lowest BCUT2D eigenvalue weighted by Gasteiger charge is -2.10. The summed E-state index contributed by atoms with van der Waals surface area (Å²) in [6.45, 7) is 0. The third-order valence-corrected chi connectivity index (χ3v) is 2.65. The summed E-state index contributed by atoms with van der Waals surface area (Å²) in [5, 5.41) is 3.38. The lowest BCUT2D eigenvalue weighted by Crippen LogP contribution is -1.99. The molecule has 1 aliphatic rings. The third-order valence-electron chi connectivity index (χ3n) is 2.65. The number of nitrogens with one attached hydrogen (secondary N) is 1. The van der Waals surface area contributed by atoms with E-state index in [9.17, 15) is 0 Å². The number of benzene rings is 2. The molecule has 17 heavy (non-hydrogen) atoms. The highest BCUT2D eigenvalue weighted by atomic mass is 14.9. The molecule has 0 amide bonds. The molecule has 0 unspecified atom stereocenters. The highest BCUT2D eigenvalue weighted by Gasteiger charge is 2.06. The molecule has 2 aromatic carbocycles. The fourth-order valence-corrected chi connectivity index (χ4v) is 1.79. The quantitative estimate of drug-likeness (QED) is 0.781. The van der Waals surface area contributed by atoms with Crippen LogP contribution in [-0.2, 0) is 0 Å². The monoisotopic (exact) mass is 219 g/mol. The number of hydrogen-bond acceptors (Lipinski definition) is 2. The van der Waals surface area contributed by atoms with Gasteiger partial charge in [-0.05, 0) is 12.1 Å². The SMILES string of the molecule is [c]1ccccc1C1=CN=Cc2ccccc2N1. The summed E-state index contributed by atoms with van der Waals surface area (Å²) in [6, 6.07) is 19.2. The van der Waals surface area contributed by atoms with E-state index in [0.717, 1.165) is 22.5 Å². The first-order valence-electron chi connectivity index (χ1n) is 5.50. The lowest BCUT2D eigenvalue weighted by atomic mass is 10.1. The number of nitrogens with zero attached hydrogens (tertiary/aromatic N) is 1. The molecule has 0 aromatic heterocycles. The van der Waals surface area contributed by atoms with Crippen molar-refractivity contribution in [3.05, 3.63) is 71.9 Å². The van der Waals surface area contributed by atoms with E-state index in [-0.39, 0.29) is 0 Å². The Kier molecular flexibility index (Phi) is 2.47. The molecule has 3 rings (SSSR count). The van der Waals surface area contributed by atoms with Crippen LogP contribution in [0, 0.1) is 6.07 Å². The van der Waals surface area contributed by atoms with Crippen LogP contribution < -0.4 is 5.32 Å². The van der Waals surface area contributed by atoms with Gasteiger partial charge in [0.2, 0.25) is 0 Å². The molecule has 81 valence electrons. The zero-order chi connectivity index (χ0) is 11.5. The van der Waals surface area contributed by atoms with Gasteiger partial charge in [0.05, 0.1) is 11.9 Å². The summed E-state index contributed by atoms with van der Waals surface area (Å²) in [5.74, 6) is 0. The molecule has 0 saturated heterocycles. The minimum absolute atomic E-state index is 0.965. The van der Waals surface area contributed by atoms with Crippen LogP contribution in [-0.4, -0.2) is 6.21 Å². The van der Waals surface area contributed by atoms with Crippen molar-refractivity contribution in [2.45, 2.75) is 0 Å². The first-order chi connectivity index (χ1) is 8.43. The standard InChI is InChI=1S/C15H11N2/c1-2-6-12(7-3-1)15-11-16-10-13-8-4-5-9-14(13)17-15/h1-6,8-11,17H. The van der Waals surface area contributed by atoms with Gasteiger partial charge in [0.15, 0.2) is 0 Å². The van der Waals surface area contributed by atoms with Gasteiger partial charge in [0.25, 0.3) is 0 Å². The summed E-state index contributed by atoms with van der Waals surface area (Å²) in [6.07, 6.45) is 3.68. The van der Waals surface area contributed by atoms with Crippen molar-refractivity contribution >= 4 is 17.6 Å². The summed E-state index contributed by atoms with van der Waals surface area (Å²) >= 11 is 0. The Labute approximate surface area is 100 Å². The van der Waals surface area contributed by atoms with Crippen LogP contribution in [0.2, 0.25) is 0 Å². The molecule has 2 aromatic rings. The molecule has 2 heteroatoms. The number of para-hydroxylation sites is 1. The second-order valence-electron chi connectivity index (χ2n) is 3.81. The van der Waals surface area contributed by atoms with Gasteiger partial charge in [0, 0.05) is 23.0 Å². The molecule has 2 nitrogen and oxygen atoms in total. The van der Waals surface area contributed by atoms with Crippen LogP contribution in [0.15, 0.2) is 59.7 Å². The fourth-order valence-electron chi connectivity index (χ4n) is 1.79. The second kappa shape index (κ2) is 4.26. The zero-order valence-electron chi connectivity index (χ0n) is 9.22. The van der Waals surface area contributed by atoms with Gasteiger partial charge in [-0.3, -0.25) is 4.99 Å². The number of anilines is 1. The van der Waals surface area contributed by atoms with Crippen molar-refractivity contribution in [2.24, 2.45) is 4.99 Å². The molecular weight excluding hydrogens is 208 g/mol. The maximum Gasteiger partial charge on any atom is 0.0650 e. The Balaban J connectivity index is 2.02. The van der Waals surface area contributed by atoms with Gasteiger partial charge < -0.3 is 5.32 Å². The Morgan fingerprint density at radius 1 is 1.00 bits per heavy atom. The normalized spacial score (nSPS) is 13.3. The maximum absolute atomic E-state index is 4.30. The Bertz CT molecular complexity index is 583. The van der Waals surface area contributed by atoms with Crippen molar-refractivity contribution < 1.29 is 0 Å². The van der Waals surface area contributed by atoms with Gasteiger partial charge >= 0.3 is 0 Å². The second-order valence-corrected chi connectivity index (χ2v) is 3.81.